The third-order valence-corrected chi connectivity index (χ3v) is 6.31. The number of aromatic nitrogens is 2. The van der Waals surface area contributed by atoms with Crippen molar-refractivity contribution in [3.8, 4) is 0 Å². The maximum atomic E-state index is 14.4. The van der Waals surface area contributed by atoms with E-state index in [9.17, 15) is 4.39 Å². The van der Waals surface area contributed by atoms with E-state index >= 15 is 0 Å². The van der Waals surface area contributed by atoms with Gasteiger partial charge >= 0.3 is 0 Å². The lowest BCUT2D eigenvalue weighted by Gasteiger charge is -2.17. The Morgan fingerprint density at radius 1 is 1.06 bits per heavy atom. The fraction of sp³-hybridized carbons (Fsp3) is 0.250. The first-order valence-corrected chi connectivity index (χ1v) is 11.2. The standard InChI is InChI=1S/C24H26FN5S/c1-15-6-3-8-18(21(15)25)14-27-24-29-22-17(11-12-26)7-4-9-19(22)23(30-24)28-16(2)20-10-5-13-31-20/h3-10,13,16H,11-12,14,26H2,1-2H3,(H2,27,28,29,30)/t16-/m1/s1. The molecule has 2 aromatic heterocycles. The van der Waals surface area contributed by atoms with Gasteiger partial charge in [0.25, 0.3) is 0 Å². The Kier molecular flexibility index (Phi) is 6.44. The van der Waals surface area contributed by atoms with Gasteiger partial charge in [-0.25, -0.2) is 9.37 Å². The summed E-state index contributed by atoms with van der Waals surface area (Å²) in [5.74, 6) is 1.00. The zero-order valence-corrected chi connectivity index (χ0v) is 18.5. The molecule has 5 nitrogen and oxygen atoms in total. The van der Waals surface area contributed by atoms with Crippen molar-refractivity contribution in [1.82, 2.24) is 9.97 Å². The summed E-state index contributed by atoms with van der Waals surface area (Å²) in [6.07, 6.45) is 0.722. The maximum absolute atomic E-state index is 14.4. The van der Waals surface area contributed by atoms with Crippen LogP contribution in [0, 0.1) is 12.7 Å². The van der Waals surface area contributed by atoms with E-state index in [2.05, 4.69) is 29.0 Å². The van der Waals surface area contributed by atoms with Crippen LogP contribution in [0.3, 0.4) is 0 Å². The number of nitrogens with one attached hydrogen (secondary N) is 2. The SMILES string of the molecule is Cc1cccc(CNc2nc(N[C@H](C)c3cccs3)c3cccc(CCN)c3n2)c1F. The summed E-state index contributed by atoms with van der Waals surface area (Å²) >= 11 is 1.70. The van der Waals surface area contributed by atoms with Crippen molar-refractivity contribution in [2.45, 2.75) is 32.9 Å². The lowest BCUT2D eigenvalue weighted by molar-refractivity contribution is 0.603. The highest BCUT2D eigenvalue weighted by molar-refractivity contribution is 7.10. The summed E-state index contributed by atoms with van der Waals surface area (Å²) < 4.78 is 14.4. The van der Waals surface area contributed by atoms with Crippen LogP contribution in [0.2, 0.25) is 0 Å². The minimum atomic E-state index is -0.204. The van der Waals surface area contributed by atoms with Gasteiger partial charge in [-0.2, -0.15) is 4.98 Å². The number of hydrogen-bond donors (Lipinski definition) is 3. The molecule has 160 valence electrons. The van der Waals surface area contributed by atoms with Gasteiger partial charge in [0.2, 0.25) is 5.95 Å². The molecule has 1 atom stereocenters. The number of thiophene rings is 1. The molecule has 0 saturated carbocycles. The Morgan fingerprint density at radius 2 is 1.87 bits per heavy atom. The largest absolute Gasteiger partial charge is 0.362 e. The van der Waals surface area contributed by atoms with Crippen molar-refractivity contribution in [3.05, 3.63) is 81.3 Å². The number of fused-ring (bicyclic) bond motifs is 1. The van der Waals surface area contributed by atoms with Crippen molar-refractivity contribution in [2.75, 3.05) is 17.2 Å². The molecule has 0 bridgehead atoms. The highest BCUT2D eigenvalue weighted by Crippen LogP contribution is 2.29. The second-order valence-electron chi connectivity index (χ2n) is 7.53. The van der Waals surface area contributed by atoms with Gasteiger partial charge in [-0.1, -0.05) is 36.4 Å². The van der Waals surface area contributed by atoms with Gasteiger partial charge in [0.15, 0.2) is 0 Å². The van der Waals surface area contributed by atoms with Gasteiger partial charge in [-0.3, -0.25) is 0 Å². The molecule has 2 aromatic carbocycles. The third-order valence-electron chi connectivity index (χ3n) is 5.26. The molecule has 31 heavy (non-hydrogen) atoms. The first kappa shape index (κ1) is 21.2. The van der Waals surface area contributed by atoms with Crippen LogP contribution in [0.15, 0.2) is 53.9 Å². The minimum Gasteiger partial charge on any atom is -0.362 e. The molecule has 0 aliphatic rings. The molecule has 0 fully saturated rings. The molecule has 0 aliphatic carbocycles. The number of hydrogen-bond acceptors (Lipinski definition) is 6. The molecular weight excluding hydrogens is 409 g/mol. The van der Waals surface area contributed by atoms with E-state index in [4.69, 9.17) is 15.7 Å². The van der Waals surface area contributed by atoms with Crippen LogP contribution in [0.4, 0.5) is 16.2 Å². The lowest BCUT2D eigenvalue weighted by atomic mass is 10.1. The number of halogens is 1. The molecule has 0 amide bonds. The van der Waals surface area contributed by atoms with E-state index in [1.165, 1.54) is 4.88 Å². The zero-order chi connectivity index (χ0) is 21.8. The molecule has 2 heterocycles. The first-order chi connectivity index (χ1) is 15.1. The fourth-order valence-corrected chi connectivity index (χ4v) is 4.33. The average molecular weight is 436 g/mol. The van der Waals surface area contributed by atoms with Crippen LogP contribution in [-0.4, -0.2) is 16.5 Å². The number of rotatable bonds is 8. The number of anilines is 2. The highest BCUT2D eigenvalue weighted by atomic mass is 32.1. The second kappa shape index (κ2) is 9.41. The fourth-order valence-electron chi connectivity index (χ4n) is 3.59. The number of nitrogens with two attached hydrogens (primary N) is 1. The Hall–Kier alpha value is -3.03. The van der Waals surface area contributed by atoms with E-state index in [1.807, 2.05) is 30.3 Å². The third kappa shape index (κ3) is 4.68. The average Bonchev–Trinajstić information content (AvgIpc) is 3.31. The normalized spacial score (nSPS) is 12.1. The van der Waals surface area contributed by atoms with Gasteiger partial charge in [0.1, 0.15) is 11.6 Å². The maximum Gasteiger partial charge on any atom is 0.225 e. The van der Waals surface area contributed by atoms with E-state index < -0.39 is 0 Å². The minimum absolute atomic E-state index is 0.0957. The summed E-state index contributed by atoms with van der Waals surface area (Å²) in [5.41, 5.74) is 8.95. The quantitative estimate of drug-likeness (QED) is 0.344. The topological polar surface area (TPSA) is 75.9 Å². The Bertz CT molecular complexity index is 1180. The van der Waals surface area contributed by atoms with Crippen molar-refractivity contribution >= 4 is 34.0 Å². The van der Waals surface area contributed by atoms with Gasteiger partial charge < -0.3 is 16.4 Å². The summed E-state index contributed by atoms with van der Waals surface area (Å²) in [6.45, 7) is 4.71. The Labute approximate surface area is 185 Å². The van der Waals surface area contributed by atoms with Crippen LogP contribution in [0.1, 0.15) is 34.5 Å². The van der Waals surface area contributed by atoms with Crippen molar-refractivity contribution in [1.29, 1.82) is 0 Å². The molecule has 0 saturated heterocycles. The van der Waals surface area contributed by atoms with Gasteiger partial charge in [0.05, 0.1) is 11.6 Å². The highest BCUT2D eigenvalue weighted by Gasteiger charge is 2.15. The van der Waals surface area contributed by atoms with Gasteiger partial charge in [-0.15, -0.1) is 11.3 Å². The molecule has 4 aromatic rings. The predicted octanol–water partition coefficient (Wildman–Crippen LogP) is 5.43. The summed E-state index contributed by atoms with van der Waals surface area (Å²) in [4.78, 5) is 10.7. The second-order valence-corrected chi connectivity index (χ2v) is 8.51. The molecule has 0 aliphatic heterocycles. The van der Waals surface area contributed by atoms with Gasteiger partial charge in [0, 0.05) is 22.4 Å². The smallest absolute Gasteiger partial charge is 0.225 e. The molecule has 0 radical (unpaired) electrons. The molecular formula is C24H26FN5S. The number of aryl methyl sites for hydroxylation is 1. The number of para-hydroxylation sites is 1. The van der Waals surface area contributed by atoms with Crippen LogP contribution in [-0.2, 0) is 13.0 Å². The number of nitrogens with zero attached hydrogens (tertiary/aromatic N) is 2. The van der Waals surface area contributed by atoms with E-state index in [1.54, 1.807) is 30.4 Å². The van der Waals surface area contributed by atoms with Gasteiger partial charge in [-0.05, 0) is 55.5 Å². The summed E-state index contributed by atoms with van der Waals surface area (Å²) in [6, 6.07) is 15.7. The Morgan fingerprint density at radius 3 is 2.65 bits per heavy atom. The zero-order valence-electron chi connectivity index (χ0n) is 17.7. The number of benzene rings is 2. The van der Waals surface area contributed by atoms with E-state index in [0.29, 0.717) is 30.2 Å². The molecule has 0 unspecified atom stereocenters. The summed E-state index contributed by atoms with van der Waals surface area (Å²) in [5, 5.41) is 9.75. The van der Waals surface area contributed by atoms with Crippen LogP contribution in [0.25, 0.3) is 10.9 Å². The molecule has 4 rings (SSSR count). The monoisotopic (exact) mass is 435 g/mol. The molecule has 7 heteroatoms. The lowest BCUT2D eigenvalue weighted by Crippen LogP contribution is -2.12. The van der Waals surface area contributed by atoms with Crippen molar-refractivity contribution < 1.29 is 4.39 Å². The van der Waals surface area contributed by atoms with Crippen molar-refractivity contribution in [3.63, 3.8) is 0 Å². The molecule has 4 N–H and O–H groups in total. The summed E-state index contributed by atoms with van der Waals surface area (Å²) in [7, 11) is 0. The van der Waals surface area contributed by atoms with E-state index in [-0.39, 0.29) is 11.9 Å². The van der Waals surface area contributed by atoms with Crippen LogP contribution < -0.4 is 16.4 Å². The van der Waals surface area contributed by atoms with Crippen LogP contribution >= 0.6 is 11.3 Å². The van der Waals surface area contributed by atoms with E-state index in [0.717, 1.165) is 28.7 Å². The Balaban J connectivity index is 1.70. The predicted molar refractivity (Wildman–Crippen MR) is 127 cm³/mol. The van der Waals surface area contributed by atoms with Crippen molar-refractivity contribution in [2.24, 2.45) is 5.73 Å². The van der Waals surface area contributed by atoms with Crippen LogP contribution in [0.5, 0.6) is 0 Å². The first-order valence-electron chi connectivity index (χ1n) is 10.3. The molecule has 0 spiro atoms.